The maximum Gasteiger partial charge on any atom is 0.253 e. The number of nitrogens with one attached hydrogen (secondary N) is 2. The minimum atomic E-state index is -0.174. The molecule has 30 heavy (non-hydrogen) atoms. The van der Waals surface area contributed by atoms with E-state index in [-0.39, 0.29) is 11.5 Å². The molecule has 0 atom stereocenters. The van der Waals surface area contributed by atoms with E-state index in [1.54, 1.807) is 24.0 Å². The molecule has 6 nitrogen and oxygen atoms in total. The Bertz CT molecular complexity index is 1070. The zero-order chi connectivity index (χ0) is 20.4. The number of piperidine rings is 1. The third-order valence-corrected chi connectivity index (χ3v) is 6.35. The van der Waals surface area contributed by atoms with E-state index in [1.807, 2.05) is 18.2 Å². The van der Waals surface area contributed by atoms with Gasteiger partial charge in [0.2, 0.25) is 0 Å². The molecule has 1 fully saturated rings. The Hall–Kier alpha value is -3.03. The predicted octanol–water partition coefficient (Wildman–Crippen LogP) is 3.66. The lowest BCUT2D eigenvalue weighted by atomic mass is 9.88. The van der Waals surface area contributed by atoms with Crippen molar-refractivity contribution in [3.63, 3.8) is 0 Å². The zero-order valence-corrected chi connectivity index (χ0v) is 17.2. The Morgan fingerprint density at radius 1 is 1.20 bits per heavy atom. The Balaban J connectivity index is 1.29. The Morgan fingerprint density at radius 2 is 2.10 bits per heavy atom. The number of aromatic nitrogens is 2. The number of nitrogens with zero attached hydrogens (tertiary/aromatic N) is 2. The van der Waals surface area contributed by atoms with Gasteiger partial charge in [0.1, 0.15) is 11.4 Å². The van der Waals surface area contributed by atoms with Crippen LogP contribution in [0.4, 0.5) is 0 Å². The fraction of sp³-hybridized carbons (Fsp3) is 0.261. The van der Waals surface area contributed by atoms with Crippen LogP contribution in [-0.2, 0) is 6.54 Å². The van der Waals surface area contributed by atoms with Crippen LogP contribution in [0.15, 0.2) is 54.3 Å². The maximum absolute atomic E-state index is 12.3. The van der Waals surface area contributed by atoms with E-state index in [2.05, 4.69) is 38.8 Å². The molecule has 1 amide bonds. The van der Waals surface area contributed by atoms with Crippen LogP contribution >= 0.6 is 11.3 Å². The normalized spacial score (nSPS) is 16.7. The van der Waals surface area contributed by atoms with Gasteiger partial charge in [-0.3, -0.25) is 14.8 Å². The number of amides is 1. The minimum Gasteiger partial charge on any atom is -0.482 e. The second-order valence-electron chi connectivity index (χ2n) is 7.59. The first-order valence-corrected chi connectivity index (χ1v) is 10.9. The van der Waals surface area contributed by atoms with Gasteiger partial charge in [-0.15, -0.1) is 11.3 Å². The summed E-state index contributed by atoms with van der Waals surface area (Å²) in [6.45, 7) is 2.43. The van der Waals surface area contributed by atoms with E-state index in [4.69, 9.17) is 4.74 Å². The first-order valence-electron chi connectivity index (χ1n) is 10.1. The summed E-state index contributed by atoms with van der Waals surface area (Å²) in [6, 6.07) is 9.82. The van der Waals surface area contributed by atoms with Crippen LogP contribution in [0.2, 0.25) is 0 Å². The van der Waals surface area contributed by atoms with E-state index >= 15 is 0 Å². The summed E-state index contributed by atoms with van der Waals surface area (Å²) < 4.78 is 6.36. The quantitative estimate of drug-likeness (QED) is 0.676. The van der Waals surface area contributed by atoms with Gasteiger partial charge in [0.25, 0.3) is 5.91 Å². The van der Waals surface area contributed by atoms with Crippen molar-refractivity contribution < 1.29 is 9.53 Å². The van der Waals surface area contributed by atoms with Crippen LogP contribution in [-0.4, -0.2) is 34.6 Å². The number of pyridine rings is 1. The number of carbonyl (C=O) groups excluding carboxylic acids is 1. The molecule has 5 rings (SSSR count). The van der Waals surface area contributed by atoms with Crippen molar-refractivity contribution in [2.75, 3.05) is 13.1 Å². The first-order chi connectivity index (χ1) is 14.7. The lowest BCUT2D eigenvalue weighted by molar-refractivity contribution is 0.0823. The van der Waals surface area contributed by atoms with Gasteiger partial charge in [-0.1, -0.05) is 6.08 Å². The van der Waals surface area contributed by atoms with Gasteiger partial charge in [0, 0.05) is 41.2 Å². The summed E-state index contributed by atoms with van der Waals surface area (Å²) in [6.07, 6.45) is 9.71. The molecule has 1 saturated heterocycles. The number of carbonyl (C=O) groups is 1. The Labute approximate surface area is 179 Å². The molecule has 0 aliphatic carbocycles. The van der Waals surface area contributed by atoms with Crippen LogP contribution < -0.4 is 15.4 Å². The number of rotatable bonds is 4. The molecular formula is C23H22N4O2S. The van der Waals surface area contributed by atoms with E-state index < -0.39 is 0 Å². The van der Waals surface area contributed by atoms with Gasteiger partial charge >= 0.3 is 0 Å². The zero-order valence-electron chi connectivity index (χ0n) is 16.4. The molecule has 4 heterocycles. The number of hydrogen-bond donors (Lipinski definition) is 2. The summed E-state index contributed by atoms with van der Waals surface area (Å²) >= 11 is 1.52. The van der Waals surface area contributed by atoms with Crippen LogP contribution in [0, 0.1) is 0 Å². The standard InChI is InChI=1S/C23H22N4O2S/c28-22(27-14-19-13-25-15-30-19)18-1-3-20(26-12-18)16-2-4-21-17(11-16)5-6-23(29-21)7-9-24-10-8-23/h1-6,11-13,15,24H,7-10,14H2,(H,27,28). The Morgan fingerprint density at radius 3 is 2.87 bits per heavy atom. The largest absolute Gasteiger partial charge is 0.482 e. The predicted molar refractivity (Wildman–Crippen MR) is 117 cm³/mol. The highest BCUT2D eigenvalue weighted by Gasteiger charge is 2.34. The van der Waals surface area contributed by atoms with E-state index in [1.165, 1.54) is 11.3 Å². The van der Waals surface area contributed by atoms with Gasteiger partial charge in [-0.25, -0.2) is 0 Å². The monoisotopic (exact) mass is 418 g/mol. The molecular weight excluding hydrogens is 396 g/mol. The minimum absolute atomic E-state index is 0.142. The van der Waals surface area contributed by atoms with Crippen LogP contribution in [0.3, 0.4) is 0 Å². The fourth-order valence-electron chi connectivity index (χ4n) is 3.84. The highest BCUT2D eigenvalue weighted by atomic mass is 32.1. The van der Waals surface area contributed by atoms with Crippen LogP contribution in [0.1, 0.15) is 33.6 Å². The van der Waals surface area contributed by atoms with Crippen molar-refractivity contribution >= 4 is 23.3 Å². The molecule has 2 aromatic heterocycles. The highest BCUT2D eigenvalue weighted by Crippen LogP contribution is 2.37. The van der Waals surface area contributed by atoms with Gasteiger partial charge < -0.3 is 15.4 Å². The summed E-state index contributed by atoms with van der Waals surface area (Å²) in [5, 5.41) is 6.28. The topological polar surface area (TPSA) is 76.1 Å². The molecule has 1 spiro atoms. The SMILES string of the molecule is O=C(NCc1cncs1)c1ccc(-c2ccc3c(c2)C=CC2(CCNCC2)O3)nc1. The van der Waals surface area contributed by atoms with E-state index in [0.29, 0.717) is 12.1 Å². The highest BCUT2D eigenvalue weighted by molar-refractivity contribution is 7.09. The van der Waals surface area contributed by atoms with Crippen molar-refractivity contribution in [3.05, 3.63) is 70.3 Å². The average Bonchev–Trinajstić information content (AvgIpc) is 3.32. The second-order valence-corrected chi connectivity index (χ2v) is 8.56. The summed E-state index contributed by atoms with van der Waals surface area (Å²) in [4.78, 5) is 21.9. The maximum atomic E-state index is 12.3. The van der Waals surface area contributed by atoms with Crippen molar-refractivity contribution in [2.24, 2.45) is 0 Å². The molecule has 2 aliphatic rings. The van der Waals surface area contributed by atoms with Gasteiger partial charge in [-0.2, -0.15) is 0 Å². The average molecular weight is 419 g/mol. The number of hydrogen-bond acceptors (Lipinski definition) is 6. The van der Waals surface area contributed by atoms with Crippen molar-refractivity contribution in [1.29, 1.82) is 0 Å². The summed E-state index contributed by atoms with van der Waals surface area (Å²) in [5.41, 5.74) is 5.00. The summed E-state index contributed by atoms with van der Waals surface area (Å²) in [5.74, 6) is 0.777. The van der Waals surface area contributed by atoms with E-state index in [0.717, 1.165) is 53.4 Å². The third-order valence-electron chi connectivity index (χ3n) is 5.57. The number of ether oxygens (including phenoxy) is 1. The van der Waals surface area contributed by atoms with Crippen LogP contribution in [0.25, 0.3) is 17.3 Å². The number of fused-ring (bicyclic) bond motifs is 1. The van der Waals surface area contributed by atoms with Crippen molar-refractivity contribution in [2.45, 2.75) is 25.0 Å². The second kappa shape index (κ2) is 8.01. The molecule has 7 heteroatoms. The molecule has 0 saturated carbocycles. The molecule has 3 aromatic rings. The van der Waals surface area contributed by atoms with Crippen molar-refractivity contribution in [3.8, 4) is 17.0 Å². The van der Waals surface area contributed by atoms with Crippen molar-refractivity contribution in [1.82, 2.24) is 20.6 Å². The molecule has 152 valence electrons. The number of thiazole rings is 1. The smallest absolute Gasteiger partial charge is 0.253 e. The first kappa shape index (κ1) is 19.0. The van der Waals surface area contributed by atoms with Gasteiger partial charge in [0.05, 0.1) is 23.3 Å². The van der Waals surface area contributed by atoms with Gasteiger partial charge in [-0.05, 0) is 49.5 Å². The van der Waals surface area contributed by atoms with Crippen LogP contribution in [0.5, 0.6) is 5.75 Å². The molecule has 1 aromatic carbocycles. The third kappa shape index (κ3) is 3.86. The molecule has 0 unspecified atom stereocenters. The lowest BCUT2D eigenvalue weighted by Crippen LogP contribution is -2.45. The molecule has 0 radical (unpaired) electrons. The number of benzene rings is 1. The van der Waals surface area contributed by atoms with E-state index in [9.17, 15) is 4.79 Å². The Kier molecular flexibility index (Phi) is 5.06. The molecule has 0 bridgehead atoms. The van der Waals surface area contributed by atoms with Gasteiger partial charge in [0.15, 0.2) is 0 Å². The molecule has 2 N–H and O–H groups in total. The molecule has 2 aliphatic heterocycles. The summed E-state index contributed by atoms with van der Waals surface area (Å²) in [7, 11) is 0. The lowest BCUT2D eigenvalue weighted by Gasteiger charge is -2.38. The fourth-order valence-corrected chi connectivity index (χ4v) is 4.38.